The zero-order valence-electron chi connectivity index (χ0n) is 13.2. The fourth-order valence-corrected chi connectivity index (χ4v) is 2.84. The highest BCUT2D eigenvalue weighted by Crippen LogP contribution is 2.27. The molecule has 0 saturated heterocycles. The smallest absolute Gasteiger partial charge is 0.270 e. The molecule has 8 heteroatoms. The lowest BCUT2D eigenvalue weighted by atomic mass is 10.1. The Morgan fingerprint density at radius 1 is 1.28 bits per heavy atom. The van der Waals surface area contributed by atoms with E-state index in [1.165, 1.54) is 23.5 Å². The molecule has 25 heavy (non-hydrogen) atoms. The molecule has 126 valence electrons. The van der Waals surface area contributed by atoms with Crippen LogP contribution in [0.5, 0.6) is 5.75 Å². The third kappa shape index (κ3) is 3.99. The Labute approximate surface area is 147 Å². The van der Waals surface area contributed by atoms with Gasteiger partial charge in [-0.15, -0.1) is 11.3 Å². The molecule has 0 fully saturated rings. The number of nitro groups is 1. The molecule has 3 rings (SSSR count). The van der Waals surface area contributed by atoms with Crippen molar-refractivity contribution in [1.82, 2.24) is 4.98 Å². The minimum Gasteiger partial charge on any atom is -0.496 e. The second-order valence-electron chi connectivity index (χ2n) is 4.96. The standard InChI is InChI=1S/C17H14N4O3S/c1-24-16-8-3-2-5-13(16)10-18-20-17-19-15(11-25-17)12-6-4-7-14(9-12)21(22)23/h2-11H,1H3,(H,19,20). The van der Waals surface area contributed by atoms with E-state index in [0.717, 1.165) is 11.3 Å². The molecule has 7 nitrogen and oxygen atoms in total. The van der Waals surface area contributed by atoms with Crippen molar-refractivity contribution in [1.29, 1.82) is 0 Å². The van der Waals surface area contributed by atoms with E-state index in [0.29, 0.717) is 16.4 Å². The fraction of sp³-hybridized carbons (Fsp3) is 0.0588. The molecule has 0 bridgehead atoms. The van der Waals surface area contributed by atoms with Crippen LogP contribution in [0.1, 0.15) is 5.56 Å². The Bertz CT molecular complexity index is 924. The number of hydrogen-bond donors (Lipinski definition) is 1. The molecular weight excluding hydrogens is 340 g/mol. The van der Waals surface area contributed by atoms with Crippen LogP contribution in [-0.2, 0) is 0 Å². The minimum atomic E-state index is -0.424. The van der Waals surface area contributed by atoms with Gasteiger partial charge in [0.15, 0.2) is 0 Å². The average molecular weight is 354 g/mol. The van der Waals surface area contributed by atoms with E-state index >= 15 is 0 Å². The van der Waals surface area contributed by atoms with Gasteiger partial charge in [0, 0.05) is 28.6 Å². The van der Waals surface area contributed by atoms with E-state index in [1.807, 2.05) is 29.6 Å². The van der Waals surface area contributed by atoms with Gasteiger partial charge in [0.05, 0.1) is 23.9 Å². The summed E-state index contributed by atoms with van der Waals surface area (Å²) in [6, 6.07) is 13.9. The number of thiazole rings is 1. The van der Waals surface area contributed by atoms with Crippen LogP contribution in [0.15, 0.2) is 59.0 Å². The Hall–Kier alpha value is -3.26. The number of methoxy groups -OCH3 is 1. The predicted octanol–water partition coefficient (Wildman–Crippen LogP) is 4.17. The number of aromatic nitrogens is 1. The van der Waals surface area contributed by atoms with Gasteiger partial charge in [-0.1, -0.05) is 24.3 Å². The van der Waals surface area contributed by atoms with Crippen LogP contribution < -0.4 is 10.2 Å². The van der Waals surface area contributed by atoms with Crippen LogP contribution in [-0.4, -0.2) is 23.2 Å². The molecule has 0 amide bonds. The van der Waals surface area contributed by atoms with Crippen molar-refractivity contribution < 1.29 is 9.66 Å². The van der Waals surface area contributed by atoms with Gasteiger partial charge >= 0.3 is 0 Å². The maximum atomic E-state index is 10.9. The molecule has 0 aliphatic rings. The summed E-state index contributed by atoms with van der Waals surface area (Å²) in [6.45, 7) is 0. The van der Waals surface area contributed by atoms with Crippen molar-refractivity contribution in [3.05, 3.63) is 69.6 Å². The Kier molecular flexibility index (Phi) is 5.00. The number of nitro benzene ring substituents is 1. The van der Waals surface area contributed by atoms with E-state index in [4.69, 9.17) is 4.74 Å². The number of rotatable bonds is 6. The molecular formula is C17H14N4O3S. The van der Waals surface area contributed by atoms with Gasteiger partial charge in [-0.2, -0.15) is 5.10 Å². The number of hydrazone groups is 1. The van der Waals surface area contributed by atoms with Crippen LogP contribution in [0.3, 0.4) is 0 Å². The molecule has 3 aromatic rings. The van der Waals surface area contributed by atoms with E-state index in [2.05, 4.69) is 15.5 Å². The van der Waals surface area contributed by atoms with Gasteiger partial charge in [0.25, 0.3) is 5.69 Å². The van der Waals surface area contributed by atoms with Crippen LogP contribution in [0.25, 0.3) is 11.3 Å². The summed E-state index contributed by atoms with van der Waals surface area (Å²) in [5.74, 6) is 0.726. The normalized spacial score (nSPS) is 10.8. The summed E-state index contributed by atoms with van der Waals surface area (Å²) in [6.07, 6.45) is 1.65. The summed E-state index contributed by atoms with van der Waals surface area (Å²) in [4.78, 5) is 14.8. The van der Waals surface area contributed by atoms with Crippen LogP contribution in [0.4, 0.5) is 10.8 Å². The van der Waals surface area contributed by atoms with E-state index in [9.17, 15) is 10.1 Å². The highest BCUT2D eigenvalue weighted by molar-refractivity contribution is 7.14. The van der Waals surface area contributed by atoms with E-state index < -0.39 is 4.92 Å². The fourth-order valence-electron chi connectivity index (χ4n) is 2.17. The van der Waals surface area contributed by atoms with Gasteiger partial charge in [-0.3, -0.25) is 15.5 Å². The van der Waals surface area contributed by atoms with Gasteiger partial charge in [0.1, 0.15) is 5.75 Å². The maximum Gasteiger partial charge on any atom is 0.270 e. The summed E-state index contributed by atoms with van der Waals surface area (Å²) >= 11 is 1.37. The van der Waals surface area contributed by atoms with Gasteiger partial charge in [-0.05, 0) is 12.1 Å². The molecule has 1 aromatic heterocycles. The predicted molar refractivity (Wildman–Crippen MR) is 98.4 cm³/mol. The van der Waals surface area contributed by atoms with Gasteiger partial charge < -0.3 is 4.74 Å². The lowest BCUT2D eigenvalue weighted by Crippen LogP contribution is -1.93. The van der Waals surface area contributed by atoms with Crippen LogP contribution in [0, 0.1) is 10.1 Å². The lowest BCUT2D eigenvalue weighted by molar-refractivity contribution is -0.384. The molecule has 0 unspecified atom stereocenters. The molecule has 0 atom stereocenters. The van der Waals surface area contributed by atoms with E-state index in [-0.39, 0.29) is 5.69 Å². The first kappa shape index (κ1) is 16.6. The van der Waals surface area contributed by atoms with Crippen molar-refractivity contribution in [2.45, 2.75) is 0 Å². The van der Waals surface area contributed by atoms with Crippen molar-refractivity contribution in [2.75, 3.05) is 12.5 Å². The molecule has 1 heterocycles. The topological polar surface area (TPSA) is 89.7 Å². The lowest BCUT2D eigenvalue weighted by Gasteiger charge is -2.02. The highest BCUT2D eigenvalue weighted by Gasteiger charge is 2.09. The van der Waals surface area contributed by atoms with Crippen LogP contribution in [0.2, 0.25) is 0 Å². The largest absolute Gasteiger partial charge is 0.496 e. The first-order valence-corrected chi connectivity index (χ1v) is 8.18. The SMILES string of the molecule is COc1ccccc1C=NNc1nc(-c2cccc([N+](=O)[O-])c2)cs1. The quantitative estimate of drug-likeness (QED) is 0.407. The molecule has 0 aliphatic carbocycles. The molecule has 2 aromatic carbocycles. The number of nitrogens with zero attached hydrogens (tertiary/aromatic N) is 3. The summed E-state index contributed by atoms with van der Waals surface area (Å²) in [5.41, 5.74) is 5.08. The third-order valence-electron chi connectivity index (χ3n) is 3.36. The molecule has 0 saturated carbocycles. The summed E-state index contributed by atoms with van der Waals surface area (Å²) in [7, 11) is 1.60. The number of benzene rings is 2. The first-order chi connectivity index (χ1) is 12.2. The molecule has 0 radical (unpaired) electrons. The third-order valence-corrected chi connectivity index (χ3v) is 4.11. The monoisotopic (exact) mass is 354 g/mol. The van der Waals surface area contributed by atoms with Crippen molar-refractivity contribution in [3.8, 4) is 17.0 Å². The van der Waals surface area contributed by atoms with Gasteiger partial charge in [-0.25, -0.2) is 4.98 Å². The average Bonchev–Trinajstić information content (AvgIpc) is 3.11. The second-order valence-corrected chi connectivity index (χ2v) is 5.82. The summed E-state index contributed by atoms with van der Waals surface area (Å²) in [5, 5.41) is 17.4. The second kappa shape index (κ2) is 7.54. The van der Waals surface area contributed by atoms with Crippen molar-refractivity contribution in [2.24, 2.45) is 5.10 Å². The Morgan fingerprint density at radius 2 is 2.12 bits per heavy atom. The summed E-state index contributed by atoms with van der Waals surface area (Å²) < 4.78 is 5.25. The number of anilines is 1. The number of non-ortho nitro benzene ring substituents is 1. The van der Waals surface area contributed by atoms with E-state index in [1.54, 1.807) is 25.5 Å². The number of ether oxygens (including phenoxy) is 1. The number of hydrogen-bond acceptors (Lipinski definition) is 7. The number of nitrogens with one attached hydrogen (secondary N) is 1. The zero-order chi connectivity index (χ0) is 17.6. The zero-order valence-corrected chi connectivity index (χ0v) is 14.1. The Morgan fingerprint density at radius 3 is 2.92 bits per heavy atom. The molecule has 1 N–H and O–H groups in total. The van der Waals surface area contributed by atoms with Crippen LogP contribution >= 0.6 is 11.3 Å². The Balaban J connectivity index is 1.73. The van der Waals surface area contributed by atoms with Gasteiger partial charge in [0.2, 0.25) is 5.13 Å². The first-order valence-electron chi connectivity index (χ1n) is 7.30. The molecule has 0 spiro atoms. The minimum absolute atomic E-state index is 0.0363. The highest BCUT2D eigenvalue weighted by atomic mass is 32.1. The number of para-hydroxylation sites is 1. The van der Waals surface area contributed by atoms with Crippen molar-refractivity contribution >= 4 is 28.4 Å². The molecule has 0 aliphatic heterocycles. The van der Waals surface area contributed by atoms with Crippen molar-refractivity contribution in [3.63, 3.8) is 0 Å². The maximum absolute atomic E-state index is 10.9.